The van der Waals surface area contributed by atoms with E-state index in [9.17, 15) is 0 Å². The number of hydrogen-bond acceptors (Lipinski definition) is 2. The number of rotatable bonds is 0. The van der Waals surface area contributed by atoms with Crippen LogP contribution in [0.1, 0.15) is 0 Å². The third-order valence-corrected chi connectivity index (χ3v) is 0. The molecule has 0 spiro atoms. The molecule has 12 N–H and O–H groups in total. The molecule has 0 aromatic carbocycles. The summed E-state index contributed by atoms with van der Waals surface area (Å²) in [4.78, 5) is 0. The first-order valence-electron chi connectivity index (χ1n) is 0. The molecule has 0 bridgehead atoms. The van der Waals surface area contributed by atoms with Gasteiger partial charge in [0.2, 0.25) is 0 Å². The third kappa shape index (κ3) is 187. The second kappa shape index (κ2) is 253. The van der Waals surface area contributed by atoms with Crippen LogP contribution in [-0.2, 0) is 0 Å². The van der Waals surface area contributed by atoms with Crippen molar-refractivity contribution in [2.75, 3.05) is 0 Å². The van der Waals surface area contributed by atoms with Crippen LogP contribution in [0.15, 0.2) is 0 Å². The fourth-order valence-corrected chi connectivity index (χ4v) is 0. The third-order valence-electron chi connectivity index (χ3n) is 0. The van der Waals surface area contributed by atoms with Gasteiger partial charge in [0.05, 0.1) is 0 Å². The fraction of sp³-hybridized carbons (Fsp3) is 0. The van der Waals surface area contributed by atoms with E-state index in [-0.39, 0.29) is 110 Å². The Morgan fingerprint density at radius 2 is 0.400 bits per heavy atom. The molecular formula is H18MgO7Sb2. The fourth-order valence-electron chi connectivity index (χ4n) is 0. The predicted octanol–water partition coefficient (Wildman–Crippen LogP) is -7.23. The van der Waals surface area contributed by atoms with E-state index >= 15 is 0 Å². The van der Waals surface area contributed by atoms with Crippen molar-refractivity contribution in [3.63, 3.8) is 0 Å². The van der Waals surface area contributed by atoms with Crippen molar-refractivity contribution in [3.05, 3.63) is 0 Å². The van der Waals surface area contributed by atoms with Crippen LogP contribution in [0.3, 0.4) is 0 Å². The molecule has 0 saturated carbocycles. The molecular weight excluding hydrogens is 380 g/mol. The Balaban J connectivity index is 0. The van der Waals surface area contributed by atoms with Gasteiger partial charge in [0.15, 0.2) is 0 Å². The zero-order valence-corrected chi connectivity index (χ0v) is 15.0. The van der Waals surface area contributed by atoms with E-state index < -0.39 is 0 Å². The molecule has 0 saturated heterocycles. The van der Waals surface area contributed by atoms with Crippen LogP contribution in [0.4, 0.5) is 0 Å². The Kier molecular flexibility index (Phi) is 8420. The van der Waals surface area contributed by atoms with Gasteiger partial charge in [-0.05, 0) is 0 Å². The summed E-state index contributed by atoms with van der Waals surface area (Å²) < 4.78 is 0. The Labute approximate surface area is 109 Å². The van der Waals surface area contributed by atoms with E-state index in [4.69, 9.17) is 0 Å². The zero-order valence-electron chi connectivity index (χ0n) is 5.52. The van der Waals surface area contributed by atoms with E-state index in [0.29, 0.717) is 0 Å². The van der Waals surface area contributed by atoms with E-state index in [1.807, 2.05) is 0 Å². The van der Waals surface area contributed by atoms with Crippen LogP contribution < -0.4 is 0 Å². The summed E-state index contributed by atoms with van der Waals surface area (Å²) >= 11 is 0. The molecule has 0 amide bonds. The molecule has 0 unspecified atom stereocenters. The van der Waals surface area contributed by atoms with E-state index in [1.54, 1.807) is 0 Å². The molecule has 0 aromatic heterocycles. The molecule has 7 nitrogen and oxygen atoms in total. The van der Waals surface area contributed by atoms with Gasteiger partial charge >= 0.3 is 71.9 Å². The molecule has 0 aliphatic rings. The first kappa shape index (κ1) is 333. The minimum atomic E-state index is 0. The zero-order chi connectivity index (χ0) is 0. The van der Waals surface area contributed by atoms with Crippen molar-refractivity contribution >= 4 is 71.9 Å². The molecule has 0 fully saturated rings. The van der Waals surface area contributed by atoms with Crippen LogP contribution in [0.5, 0.6) is 0 Å². The van der Waals surface area contributed by atoms with Gasteiger partial charge in [-0.25, -0.2) is 0 Å². The maximum absolute atomic E-state index is 0. The maximum atomic E-state index is 0. The van der Waals surface area contributed by atoms with Gasteiger partial charge < -0.3 is 38.3 Å². The average Bonchev–Trinajstić information content (AvgIpc) is 0. The summed E-state index contributed by atoms with van der Waals surface area (Å²) in [6.07, 6.45) is 0. The van der Waals surface area contributed by atoms with Crippen molar-refractivity contribution in [1.82, 2.24) is 0 Å². The summed E-state index contributed by atoms with van der Waals surface area (Å²) in [5, 5.41) is 0. The van der Waals surface area contributed by atoms with Crippen LogP contribution in [-0.4, -0.2) is 110 Å². The van der Waals surface area contributed by atoms with Gasteiger partial charge in [0, 0.05) is 0 Å². The first-order chi connectivity index (χ1) is 0. The summed E-state index contributed by atoms with van der Waals surface area (Å²) in [5.41, 5.74) is 0. The molecule has 0 radical (unpaired) electrons. The Hall–Kier alpha value is 2.12. The standard InChI is InChI=1S/Mg.7H2O.2Sb.6H/h;7*1H2;;;;;;;;/q+2;;;;;;;;;;;;;;;/p-2. The summed E-state index contributed by atoms with van der Waals surface area (Å²) in [5.74, 6) is 0. The van der Waals surface area contributed by atoms with E-state index in [0.717, 1.165) is 0 Å². The van der Waals surface area contributed by atoms with Crippen LogP contribution in [0, 0.1) is 0 Å². The Bertz CT molecular complexity index is 11.6. The molecule has 0 atom stereocenters. The second-order valence-corrected chi connectivity index (χ2v) is 0. The normalized spacial score (nSPS) is 0. The molecule has 10 heavy (non-hydrogen) atoms. The van der Waals surface area contributed by atoms with Crippen LogP contribution in [0.25, 0.3) is 0 Å². The predicted molar refractivity (Wildman–Crippen MR) is 47.6 cm³/mol. The van der Waals surface area contributed by atoms with Crippen molar-refractivity contribution in [2.45, 2.75) is 0 Å². The number of hydrogen-bond donors (Lipinski definition) is 0. The average molecular weight is 398 g/mol. The molecule has 0 aliphatic heterocycles. The minimum absolute atomic E-state index is 0. The van der Waals surface area contributed by atoms with Gasteiger partial charge in [-0.3, -0.25) is 0 Å². The van der Waals surface area contributed by atoms with Gasteiger partial charge in [0.1, 0.15) is 0 Å². The van der Waals surface area contributed by atoms with E-state index in [1.165, 1.54) is 0 Å². The summed E-state index contributed by atoms with van der Waals surface area (Å²) in [7, 11) is 0. The molecule has 0 heterocycles. The van der Waals surface area contributed by atoms with Crippen molar-refractivity contribution in [2.24, 2.45) is 0 Å². The van der Waals surface area contributed by atoms with Crippen LogP contribution in [0.2, 0.25) is 0 Å². The van der Waals surface area contributed by atoms with Crippen LogP contribution >= 0.6 is 0 Å². The van der Waals surface area contributed by atoms with Crippen molar-refractivity contribution in [1.29, 1.82) is 0 Å². The molecule has 0 rings (SSSR count). The van der Waals surface area contributed by atoms with Gasteiger partial charge in [0.25, 0.3) is 0 Å². The monoisotopic (exact) mass is 396 g/mol. The topological polar surface area (TPSA) is 218 Å². The van der Waals surface area contributed by atoms with E-state index in [2.05, 4.69) is 0 Å². The first-order valence-corrected chi connectivity index (χ1v) is 0. The quantitative estimate of drug-likeness (QED) is 0.363. The van der Waals surface area contributed by atoms with Gasteiger partial charge in [-0.1, -0.05) is 0 Å². The van der Waals surface area contributed by atoms with Crippen molar-refractivity contribution in [3.8, 4) is 0 Å². The molecule has 0 aliphatic carbocycles. The Morgan fingerprint density at radius 1 is 0.400 bits per heavy atom. The van der Waals surface area contributed by atoms with Gasteiger partial charge in [-0.15, -0.1) is 0 Å². The summed E-state index contributed by atoms with van der Waals surface area (Å²) in [6.45, 7) is 0. The summed E-state index contributed by atoms with van der Waals surface area (Å²) in [6, 6.07) is 0. The Morgan fingerprint density at radius 3 is 0.400 bits per heavy atom. The van der Waals surface area contributed by atoms with Crippen molar-refractivity contribution < 1.29 is 38.3 Å². The SMILES string of the molecule is O.O.O.O.O.[Mg+2].[OH-].[OH-].[SbH3].[SbH3]. The molecule has 72 valence electrons. The second-order valence-electron chi connectivity index (χ2n) is 0. The molecule has 10 heteroatoms. The molecule has 0 aromatic rings. The van der Waals surface area contributed by atoms with Gasteiger partial charge in [-0.2, -0.15) is 0 Å².